The summed E-state index contributed by atoms with van der Waals surface area (Å²) < 4.78 is 60.7. The van der Waals surface area contributed by atoms with Gasteiger partial charge in [-0.3, -0.25) is 10.2 Å². The lowest BCUT2D eigenvalue weighted by atomic mass is 10.1. The maximum absolute atomic E-state index is 14.2. The van der Waals surface area contributed by atoms with Crippen LogP contribution in [0.25, 0.3) is 11.4 Å². The molecule has 1 saturated heterocycles. The van der Waals surface area contributed by atoms with Crippen molar-refractivity contribution in [2.45, 2.75) is 6.18 Å². The average Bonchev–Trinajstić information content (AvgIpc) is 3.05. The number of ether oxygens (including phenoxy) is 1. The van der Waals surface area contributed by atoms with Crippen LogP contribution in [-0.4, -0.2) is 47.4 Å². The molecule has 0 saturated carbocycles. The molecular weight excluding hydrogens is 348 g/mol. The Bertz CT molecular complexity index is 772. The first-order valence-corrected chi connectivity index (χ1v) is 7.19. The first kappa shape index (κ1) is 17.3. The van der Waals surface area contributed by atoms with E-state index in [2.05, 4.69) is 20.1 Å². The minimum atomic E-state index is -4.82. The molecule has 0 bridgehead atoms. The number of aromatic nitrogens is 2. The molecule has 2 aromatic rings. The molecule has 0 unspecified atom stereocenters. The van der Waals surface area contributed by atoms with Crippen molar-refractivity contribution >= 4 is 5.91 Å². The van der Waals surface area contributed by atoms with Gasteiger partial charge in [0.1, 0.15) is 5.82 Å². The first-order chi connectivity index (χ1) is 11.8. The Hall–Kier alpha value is -2.53. The number of rotatable bonds is 3. The Kier molecular flexibility index (Phi) is 4.68. The number of hydrazine groups is 1. The van der Waals surface area contributed by atoms with Crippen LogP contribution in [0.3, 0.4) is 0 Å². The molecule has 1 aliphatic rings. The van der Waals surface area contributed by atoms with Crippen molar-refractivity contribution in [1.29, 1.82) is 0 Å². The van der Waals surface area contributed by atoms with Gasteiger partial charge in [-0.05, 0) is 18.2 Å². The molecule has 134 valence electrons. The maximum Gasteiger partial charge on any atom is 0.471 e. The van der Waals surface area contributed by atoms with Gasteiger partial charge < -0.3 is 9.26 Å². The largest absolute Gasteiger partial charge is 0.471 e. The fraction of sp³-hybridized carbons (Fsp3) is 0.357. The molecule has 2 heterocycles. The molecule has 7 nitrogen and oxygen atoms in total. The monoisotopic (exact) mass is 360 g/mol. The van der Waals surface area contributed by atoms with Gasteiger partial charge in [-0.25, -0.2) is 9.40 Å². The van der Waals surface area contributed by atoms with Crippen molar-refractivity contribution in [1.82, 2.24) is 20.6 Å². The highest BCUT2D eigenvalue weighted by Gasteiger charge is 2.38. The van der Waals surface area contributed by atoms with E-state index in [0.717, 1.165) is 12.1 Å². The van der Waals surface area contributed by atoms with Crippen LogP contribution in [-0.2, 0) is 10.9 Å². The lowest BCUT2D eigenvalue weighted by Crippen LogP contribution is -2.48. The summed E-state index contributed by atoms with van der Waals surface area (Å²) in [6, 6.07) is 3.28. The molecule has 0 spiro atoms. The van der Waals surface area contributed by atoms with Crippen LogP contribution >= 0.6 is 0 Å². The van der Waals surface area contributed by atoms with Gasteiger partial charge in [-0.15, -0.1) is 0 Å². The van der Waals surface area contributed by atoms with E-state index in [1.54, 1.807) is 5.01 Å². The van der Waals surface area contributed by atoms with Gasteiger partial charge in [0.25, 0.3) is 5.91 Å². The topological polar surface area (TPSA) is 80.5 Å². The van der Waals surface area contributed by atoms with Gasteiger partial charge in [-0.1, -0.05) is 5.16 Å². The first-order valence-electron chi connectivity index (χ1n) is 7.19. The molecule has 1 aliphatic heterocycles. The molecule has 0 aliphatic carbocycles. The highest BCUT2D eigenvalue weighted by atomic mass is 19.4. The fourth-order valence-electron chi connectivity index (χ4n) is 2.17. The zero-order valence-corrected chi connectivity index (χ0v) is 12.6. The number of halogens is 4. The van der Waals surface area contributed by atoms with Crippen LogP contribution in [0.15, 0.2) is 22.7 Å². The van der Waals surface area contributed by atoms with Gasteiger partial charge in [-0.2, -0.15) is 18.2 Å². The Morgan fingerprint density at radius 1 is 1.24 bits per heavy atom. The van der Waals surface area contributed by atoms with E-state index >= 15 is 0 Å². The second-order valence-electron chi connectivity index (χ2n) is 5.16. The number of carbonyl (C=O) groups excluding carboxylic acids is 1. The summed E-state index contributed by atoms with van der Waals surface area (Å²) in [6.07, 6.45) is -4.82. The molecule has 1 N–H and O–H groups in total. The third-order valence-electron chi connectivity index (χ3n) is 3.41. The molecule has 1 aromatic heterocycles. The number of morpholine rings is 1. The predicted octanol–water partition coefficient (Wildman–Crippen LogP) is 1.87. The number of nitrogens with one attached hydrogen (secondary N) is 1. The van der Waals surface area contributed by atoms with Gasteiger partial charge in [0.2, 0.25) is 5.82 Å². The smallest absolute Gasteiger partial charge is 0.379 e. The molecule has 0 radical (unpaired) electrons. The summed E-state index contributed by atoms with van der Waals surface area (Å²) in [7, 11) is 0. The zero-order valence-electron chi connectivity index (χ0n) is 12.6. The van der Waals surface area contributed by atoms with E-state index in [1.807, 2.05) is 0 Å². The second kappa shape index (κ2) is 6.76. The van der Waals surface area contributed by atoms with Crippen molar-refractivity contribution in [3.63, 3.8) is 0 Å². The van der Waals surface area contributed by atoms with E-state index in [4.69, 9.17) is 4.74 Å². The Morgan fingerprint density at radius 3 is 2.56 bits per heavy atom. The van der Waals surface area contributed by atoms with Crippen molar-refractivity contribution in [3.8, 4) is 11.4 Å². The van der Waals surface area contributed by atoms with E-state index in [9.17, 15) is 22.4 Å². The molecule has 0 atom stereocenters. The van der Waals surface area contributed by atoms with Crippen molar-refractivity contribution in [3.05, 3.63) is 35.5 Å². The number of carbonyl (C=O) groups is 1. The Balaban J connectivity index is 1.76. The van der Waals surface area contributed by atoms with Crippen molar-refractivity contribution in [2.75, 3.05) is 26.3 Å². The normalized spacial score (nSPS) is 16.0. The molecule has 1 amide bonds. The van der Waals surface area contributed by atoms with Gasteiger partial charge in [0.05, 0.1) is 18.8 Å². The Morgan fingerprint density at radius 2 is 1.96 bits per heavy atom. The third kappa shape index (κ3) is 3.94. The minimum Gasteiger partial charge on any atom is -0.379 e. The van der Waals surface area contributed by atoms with Crippen LogP contribution in [0.2, 0.25) is 0 Å². The van der Waals surface area contributed by atoms with Crippen molar-refractivity contribution < 1.29 is 31.6 Å². The average molecular weight is 360 g/mol. The number of nitrogens with zero attached hydrogens (tertiary/aromatic N) is 3. The molecule has 25 heavy (non-hydrogen) atoms. The van der Waals surface area contributed by atoms with Crippen LogP contribution in [0.4, 0.5) is 17.6 Å². The third-order valence-corrected chi connectivity index (χ3v) is 3.41. The quantitative estimate of drug-likeness (QED) is 0.842. The summed E-state index contributed by atoms with van der Waals surface area (Å²) in [5, 5.41) is 4.74. The van der Waals surface area contributed by atoms with E-state index in [-0.39, 0.29) is 11.1 Å². The highest BCUT2D eigenvalue weighted by molar-refractivity contribution is 5.94. The standard InChI is InChI=1S/C14H12F4N4O3/c15-10-7-8(12(23)20-22-3-5-24-6-4-22)1-2-9(10)11-19-13(25-21-11)14(16,17)18/h1-2,7H,3-6H2,(H,20,23). The number of alkyl halides is 3. The van der Waals surface area contributed by atoms with Crippen LogP contribution in [0.5, 0.6) is 0 Å². The summed E-state index contributed by atoms with van der Waals surface area (Å²) >= 11 is 0. The van der Waals surface area contributed by atoms with E-state index in [0.29, 0.717) is 26.3 Å². The van der Waals surface area contributed by atoms with Gasteiger partial charge in [0.15, 0.2) is 0 Å². The fourth-order valence-corrected chi connectivity index (χ4v) is 2.17. The SMILES string of the molecule is O=C(NN1CCOCC1)c1ccc(-c2noc(C(F)(F)F)n2)c(F)c1. The number of benzene rings is 1. The molecule has 3 rings (SSSR count). The molecule has 1 aromatic carbocycles. The number of amides is 1. The van der Waals surface area contributed by atoms with E-state index < -0.39 is 29.6 Å². The van der Waals surface area contributed by atoms with Crippen molar-refractivity contribution in [2.24, 2.45) is 0 Å². The summed E-state index contributed by atoms with van der Waals surface area (Å²) in [5.74, 6) is -3.61. The number of hydrogen-bond donors (Lipinski definition) is 1. The summed E-state index contributed by atoms with van der Waals surface area (Å²) in [5.41, 5.74) is 2.30. The van der Waals surface area contributed by atoms with E-state index in [1.165, 1.54) is 6.07 Å². The lowest BCUT2D eigenvalue weighted by molar-refractivity contribution is -0.159. The molecule has 1 fully saturated rings. The summed E-state index contributed by atoms with van der Waals surface area (Å²) in [6.45, 7) is 1.92. The minimum absolute atomic E-state index is 0.00674. The highest BCUT2D eigenvalue weighted by Crippen LogP contribution is 2.30. The second-order valence-corrected chi connectivity index (χ2v) is 5.16. The zero-order chi connectivity index (χ0) is 18.0. The van der Waals surface area contributed by atoms with Crippen LogP contribution in [0, 0.1) is 5.82 Å². The molecule has 11 heteroatoms. The Labute approximate surface area is 138 Å². The summed E-state index contributed by atoms with van der Waals surface area (Å²) in [4.78, 5) is 15.2. The van der Waals surface area contributed by atoms with Crippen LogP contribution in [0.1, 0.15) is 16.2 Å². The number of hydrogen-bond acceptors (Lipinski definition) is 6. The van der Waals surface area contributed by atoms with Crippen LogP contribution < -0.4 is 5.43 Å². The lowest BCUT2D eigenvalue weighted by Gasteiger charge is -2.26. The predicted molar refractivity (Wildman–Crippen MR) is 74.6 cm³/mol. The van der Waals surface area contributed by atoms with Gasteiger partial charge in [0, 0.05) is 18.7 Å². The van der Waals surface area contributed by atoms with Gasteiger partial charge >= 0.3 is 12.1 Å². The molecular formula is C14H12F4N4O3. The maximum atomic E-state index is 14.2.